The van der Waals surface area contributed by atoms with E-state index in [9.17, 15) is 0 Å². The van der Waals surface area contributed by atoms with Crippen LogP contribution in [-0.4, -0.2) is 24.7 Å². The van der Waals surface area contributed by atoms with Gasteiger partial charge in [-0.1, -0.05) is 65.7 Å². The molecule has 0 saturated carbocycles. The molecule has 138 valence electrons. The second-order valence-electron chi connectivity index (χ2n) is 6.25. The predicted octanol–water partition coefficient (Wildman–Crippen LogP) is 5.39. The van der Waals surface area contributed by atoms with Crippen molar-refractivity contribution in [1.29, 1.82) is 0 Å². The highest BCUT2D eigenvalue weighted by molar-refractivity contribution is 6.32. The zero-order valence-corrected chi connectivity index (χ0v) is 16.1. The summed E-state index contributed by atoms with van der Waals surface area (Å²) in [5, 5.41) is 3.94. The fraction of sp³-hybridized carbons (Fsp3) is 0.174. The maximum atomic E-state index is 6.38. The van der Waals surface area contributed by atoms with Crippen LogP contribution in [0.1, 0.15) is 11.1 Å². The topological polar surface area (TPSA) is 34.1 Å². The highest BCUT2D eigenvalue weighted by Gasteiger charge is 2.05. The van der Waals surface area contributed by atoms with Gasteiger partial charge in [0.25, 0.3) is 0 Å². The Morgan fingerprint density at radius 2 is 1.89 bits per heavy atom. The number of nitrogens with zero attached hydrogens (tertiary/aromatic N) is 1. The maximum absolute atomic E-state index is 6.38. The smallest absolute Gasteiger partial charge is 0.137 e. The van der Waals surface area contributed by atoms with E-state index in [1.807, 2.05) is 42.6 Å². The lowest BCUT2D eigenvalue weighted by Crippen LogP contribution is -2.21. The van der Waals surface area contributed by atoms with Crippen LogP contribution in [0.15, 0.2) is 73.1 Å². The number of ether oxygens (including phenoxy) is 1. The standard InChI is InChI=1S/C23H23ClN2O/c1-18-6-8-20(9-7-18)21-10-11-23(22(24)16-21)27-15-14-25-12-2-4-19-5-3-13-26-17-19/h2-11,13,16-17,25H,12,14-15H2,1H3/b4-2+. The van der Waals surface area contributed by atoms with Crippen molar-refractivity contribution in [2.45, 2.75) is 6.92 Å². The van der Waals surface area contributed by atoms with Crippen molar-refractivity contribution in [3.63, 3.8) is 0 Å². The highest BCUT2D eigenvalue weighted by atomic mass is 35.5. The van der Waals surface area contributed by atoms with E-state index in [0.717, 1.165) is 29.8 Å². The van der Waals surface area contributed by atoms with Crippen molar-refractivity contribution in [1.82, 2.24) is 10.3 Å². The summed E-state index contributed by atoms with van der Waals surface area (Å²) in [4.78, 5) is 4.08. The number of hydrogen-bond acceptors (Lipinski definition) is 3. The maximum Gasteiger partial charge on any atom is 0.137 e. The molecule has 2 aromatic carbocycles. The van der Waals surface area contributed by atoms with Gasteiger partial charge in [-0.15, -0.1) is 0 Å². The largest absolute Gasteiger partial charge is 0.491 e. The van der Waals surface area contributed by atoms with E-state index in [1.54, 1.807) is 6.20 Å². The van der Waals surface area contributed by atoms with Crippen LogP contribution in [0.5, 0.6) is 5.75 Å². The van der Waals surface area contributed by atoms with Crippen molar-refractivity contribution >= 4 is 17.7 Å². The molecule has 0 atom stereocenters. The Morgan fingerprint density at radius 1 is 1.07 bits per heavy atom. The van der Waals surface area contributed by atoms with Crippen molar-refractivity contribution in [2.75, 3.05) is 19.7 Å². The molecule has 0 radical (unpaired) electrons. The van der Waals surface area contributed by atoms with E-state index < -0.39 is 0 Å². The van der Waals surface area contributed by atoms with E-state index in [2.05, 4.69) is 47.6 Å². The summed E-state index contributed by atoms with van der Waals surface area (Å²) in [7, 11) is 0. The molecule has 3 aromatic rings. The van der Waals surface area contributed by atoms with Crippen LogP contribution in [0.3, 0.4) is 0 Å². The van der Waals surface area contributed by atoms with Gasteiger partial charge in [-0.2, -0.15) is 0 Å². The van der Waals surface area contributed by atoms with E-state index in [0.29, 0.717) is 17.4 Å². The SMILES string of the molecule is Cc1ccc(-c2ccc(OCCNC/C=C/c3cccnc3)c(Cl)c2)cc1. The molecule has 0 amide bonds. The Kier molecular flexibility index (Phi) is 7.03. The predicted molar refractivity (Wildman–Crippen MR) is 113 cm³/mol. The summed E-state index contributed by atoms with van der Waals surface area (Å²) in [6.07, 6.45) is 7.72. The van der Waals surface area contributed by atoms with E-state index in [4.69, 9.17) is 16.3 Å². The number of halogens is 1. The molecule has 0 aliphatic heterocycles. The third-order valence-corrected chi connectivity index (χ3v) is 4.41. The van der Waals surface area contributed by atoms with Crippen molar-refractivity contribution in [2.24, 2.45) is 0 Å². The van der Waals surface area contributed by atoms with Gasteiger partial charge in [0.05, 0.1) is 5.02 Å². The third kappa shape index (κ3) is 5.95. The molecule has 0 aliphatic rings. The molecule has 1 heterocycles. The van der Waals surface area contributed by atoms with Crippen LogP contribution >= 0.6 is 11.6 Å². The monoisotopic (exact) mass is 378 g/mol. The number of nitrogens with one attached hydrogen (secondary N) is 1. The molecule has 0 unspecified atom stereocenters. The highest BCUT2D eigenvalue weighted by Crippen LogP contribution is 2.30. The Balaban J connectivity index is 1.43. The quantitative estimate of drug-likeness (QED) is 0.533. The Hall–Kier alpha value is -2.62. The zero-order chi connectivity index (χ0) is 18.9. The van der Waals surface area contributed by atoms with Gasteiger partial charge >= 0.3 is 0 Å². The summed E-state index contributed by atoms with van der Waals surface area (Å²) in [5.74, 6) is 0.709. The van der Waals surface area contributed by atoms with Crippen LogP contribution in [0.25, 0.3) is 17.2 Å². The lowest BCUT2D eigenvalue weighted by Gasteiger charge is -2.10. The minimum Gasteiger partial charge on any atom is -0.491 e. The molecule has 0 fully saturated rings. The summed E-state index contributed by atoms with van der Waals surface area (Å²) in [6.45, 7) is 4.16. The Labute approximate surface area is 165 Å². The van der Waals surface area contributed by atoms with Crippen LogP contribution in [-0.2, 0) is 0 Å². The van der Waals surface area contributed by atoms with Crippen LogP contribution in [0.2, 0.25) is 5.02 Å². The van der Waals surface area contributed by atoms with Crippen molar-refractivity contribution < 1.29 is 4.74 Å². The molecule has 27 heavy (non-hydrogen) atoms. The average molecular weight is 379 g/mol. The summed E-state index contributed by atoms with van der Waals surface area (Å²) < 4.78 is 5.78. The molecule has 3 nitrogen and oxygen atoms in total. The number of rotatable bonds is 8. The zero-order valence-electron chi connectivity index (χ0n) is 15.4. The lowest BCUT2D eigenvalue weighted by atomic mass is 10.0. The van der Waals surface area contributed by atoms with Crippen LogP contribution in [0.4, 0.5) is 0 Å². The first kappa shape index (κ1) is 19.2. The molecular weight excluding hydrogens is 356 g/mol. The number of aryl methyl sites for hydroxylation is 1. The summed E-state index contributed by atoms with van der Waals surface area (Å²) in [6, 6.07) is 18.3. The summed E-state index contributed by atoms with van der Waals surface area (Å²) in [5.41, 5.74) is 4.57. The normalized spacial score (nSPS) is 11.0. The number of hydrogen-bond donors (Lipinski definition) is 1. The Morgan fingerprint density at radius 3 is 2.63 bits per heavy atom. The first-order chi connectivity index (χ1) is 13.2. The van der Waals surface area contributed by atoms with E-state index >= 15 is 0 Å². The molecule has 4 heteroatoms. The molecule has 0 saturated heterocycles. The fourth-order valence-corrected chi connectivity index (χ4v) is 2.87. The van der Waals surface area contributed by atoms with Gasteiger partial charge < -0.3 is 10.1 Å². The van der Waals surface area contributed by atoms with Crippen molar-refractivity contribution in [3.8, 4) is 16.9 Å². The first-order valence-corrected chi connectivity index (χ1v) is 9.37. The number of pyridine rings is 1. The van der Waals surface area contributed by atoms with E-state index in [1.165, 1.54) is 5.56 Å². The molecular formula is C23H23ClN2O. The minimum absolute atomic E-state index is 0.560. The molecule has 0 spiro atoms. The lowest BCUT2D eigenvalue weighted by molar-refractivity contribution is 0.316. The van der Waals surface area contributed by atoms with Crippen molar-refractivity contribution in [3.05, 3.63) is 89.2 Å². The molecule has 0 aliphatic carbocycles. The first-order valence-electron chi connectivity index (χ1n) is 8.99. The number of aromatic nitrogens is 1. The van der Waals surface area contributed by atoms with E-state index in [-0.39, 0.29) is 0 Å². The van der Waals surface area contributed by atoms with Gasteiger partial charge in [0.15, 0.2) is 0 Å². The molecule has 1 N–H and O–H groups in total. The van der Waals surface area contributed by atoms with Crippen LogP contribution in [0, 0.1) is 6.92 Å². The minimum atomic E-state index is 0.560. The van der Waals surface area contributed by atoms with Crippen LogP contribution < -0.4 is 10.1 Å². The third-order valence-electron chi connectivity index (χ3n) is 4.11. The van der Waals surface area contributed by atoms with Gasteiger partial charge in [-0.05, 0) is 41.8 Å². The molecule has 1 aromatic heterocycles. The average Bonchev–Trinajstić information content (AvgIpc) is 2.69. The van der Waals surface area contributed by atoms with Gasteiger partial charge in [0, 0.05) is 25.5 Å². The van der Waals surface area contributed by atoms with Gasteiger partial charge in [0.2, 0.25) is 0 Å². The molecule has 3 rings (SSSR count). The van der Waals surface area contributed by atoms with Gasteiger partial charge in [-0.3, -0.25) is 4.98 Å². The molecule has 0 bridgehead atoms. The fourth-order valence-electron chi connectivity index (χ4n) is 2.63. The van der Waals surface area contributed by atoms with Gasteiger partial charge in [0.1, 0.15) is 12.4 Å². The second-order valence-corrected chi connectivity index (χ2v) is 6.66. The Bertz CT molecular complexity index is 877. The number of benzene rings is 2. The summed E-state index contributed by atoms with van der Waals surface area (Å²) >= 11 is 6.38. The van der Waals surface area contributed by atoms with Gasteiger partial charge in [-0.25, -0.2) is 0 Å². The second kappa shape index (κ2) is 9.91.